The second-order valence-corrected chi connectivity index (χ2v) is 8.38. The Morgan fingerprint density at radius 1 is 1.13 bits per heavy atom. The van der Waals surface area contributed by atoms with Gasteiger partial charge >= 0.3 is 0 Å². The van der Waals surface area contributed by atoms with Gasteiger partial charge in [0.1, 0.15) is 0 Å². The lowest BCUT2D eigenvalue weighted by Gasteiger charge is -2.36. The quantitative estimate of drug-likeness (QED) is 0.531. The van der Waals surface area contributed by atoms with E-state index in [9.17, 15) is 9.59 Å². The van der Waals surface area contributed by atoms with Crippen LogP contribution in [-0.2, 0) is 16.0 Å². The van der Waals surface area contributed by atoms with Gasteiger partial charge in [-0.3, -0.25) is 14.6 Å². The Hall–Kier alpha value is -2.28. The van der Waals surface area contributed by atoms with Crippen LogP contribution in [0.15, 0.2) is 29.3 Å². The zero-order chi connectivity index (χ0) is 21.3. The van der Waals surface area contributed by atoms with Gasteiger partial charge in [0.15, 0.2) is 5.96 Å². The first-order valence-corrected chi connectivity index (χ1v) is 11.2. The second-order valence-electron chi connectivity index (χ2n) is 7.95. The highest BCUT2D eigenvalue weighted by Gasteiger charge is 2.23. The summed E-state index contributed by atoms with van der Waals surface area (Å²) in [6.07, 6.45) is 5.42. The predicted octanol–water partition coefficient (Wildman–Crippen LogP) is 2.05. The van der Waals surface area contributed by atoms with Crippen LogP contribution in [0.2, 0.25) is 5.02 Å². The van der Waals surface area contributed by atoms with Crippen molar-refractivity contribution >= 4 is 29.4 Å². The van der Waals surface area contributed by atoms with E-state index in [1.807, 2.05) is 29.2 Å². The third-order valence-electron chi connectivity index (χ3n) is 5.74. The zero-order valence-electron chi connectivity index (χ0n) is 17.7. The zero-order valence-corrected chi connectivity index (χ0v) is 18.5. The topological polar surface area (TPSA) is 77.0 Å². The molecule has 0 bridgehead atoms. The molecule has 2 amide bonds. The summed E-state index contributed by atoms with van der Waals surface area (Å²) in [5.74, 6) is 0.996. The van der Waals surface area contributed by atoms with E-state index in [2.05, 4.69) is 20.5 Å². The molecule has 1 saturated heterocycles. The van der Waals surface area contributed by atoms with Crippen LogP contribution < -0.4 is 10.6 Å². The molecule has 1 aromatic carbocycles. The maximum Gasteiger partial charge on any atom is 0.227 e. The number of rotatable bonds is 6. The molecule has 0 aromatic heterocycles. The third kappa shape index (κ3) is 6.62. The first kappa shape index (κ1) is 22.4. The van der Waals surface area contributed by atoms with Crippen LogP contribution in [0.25, 0.3) is 0 Å². The molecule has 2 aliphatic rings. The van der Waals surface area contributed by atoms with E-state index in [0.29, 0.717) is 43.5 Å². The van der Waals surface area contributed by atoms with Gasteiger partial charge in [0, 0.05) is 57.3 Å². The highest BCUT2D eigenvalue weighted by Crippen LogP contribution is 2.17. The van der Waals surface area contributed by atoms with Crippen molar-refractivity contribution in [2.45, 2.75) is 44.6 Å². The molecule has 1 aromatic rings. The van der Waals surface area contributed by atoms with Crippen molar-refractivity contribution < 1.29 is 9.59 Å². The fourth-order valence-electron chi connectivity index (χ4n) is 4.09. The SMILES string of the molecule is CN=C(NCCC(=O)NC1CCCC1)N1CCN(C(=O)Cc2cccc(Cl)c2)CC1. The van der Waals surface area contributed by atoms with Gasteiger partial charge in [-0.05, 0) is 30.5 Å². The number of carbonyl (C=O) groups excluding carboxylic acids is 2. The summed E-state index contributed by atoms with van der Waals surface area (Å²) in [6.45, 7) is 3.30. The number of aliphatic imine (C=N–C) groups is 1. The summed E-state index contributed by atoms with van der Waals surface area (Å²) in [5, 5.41) is 7.04. The summed E-state index contributed by atoms with van der Waals surface area (Å²) < 4.78 is 0. The van der Waals surface area contributed by atoms with Crippen LogP contribution >= 0.6 is 11.6 Å². The predicted molar refractivity (Wildman–Crippen MR) is 120 cm³/mol. The maximum absolute atomic E-state index is 12.6. The van der Waals surface area contributed by atoms with Crippen molar-refractivity contribution in [2.24, 2.45) is 4.99 Å². The molecule has 164 valence electrons. The van der Waals surface area contributed by atoms with Gasteiger partial charge < -0.3 is 20.4 Å². The van der Waals surface area contributed by atoms with Crippen molar-refractivity contribution in [2.75, 3.05) is 39.8 Å². The summed E-state index contributed by atoms with van der Waals surface area (Å²) in [7, 11) is 1.75. The van der Waals surface area contributed by atoms with Gasteiger partial charge in [-0.25, -0.2) is 0 Å². The summed E-state index contributed by atoms with van der Waals surface area (Å²) >= 11 is 6.01. The minimum atomic E-state index is 0.0984. The molecule has 30 heavy (non-hydrogen) atoms. The lowest BCUT2D eigenvalue weighted by molar-refractivity contribution is -0.131. The molecule has 1 saturated carbocycles. The molecule has 1 aliphatic carbocycles. The number of nitrogens with one attached hydrogen (secondary N) is 2. The monoisotopic (exact) mass is 433 g/mol. The van der Waals surface area contributed by atoms with Gasteiger partial charge in [0.2, 0.25) is 11.8 Å². The fraction of sp³-hybridized carbons (Fsp3) is 0.591. The highest BCUT2D eigenvalue weighted by molar-refractivity contribution is 6.30. The number of piperazine rings is 1. The summed E-state index contributed by atoms with van der Waals surface area (Å²) in [4.78, 5) is 33.0. The number of guanidine groups is 1. The summed E-state index contributed by atoms with van der Waals surface area (Å²) in [6, 6.07) is 7.80. The lowest BCUT2D eigenvalue weighted by Crippen LogP contribution is -2.54. The van der Waals surface area contributed by atoms with Crippen molar-refractivity contribution in [3.8, 4) is 0 Å². The number of carbonyl (C=O) groups is 2. The van der Waals surface area contributed by atoms with Crippen molar-refractivity contribution in [1.29, 1.82) is 0 Å². The Morgan fingerprint density at radius 3 is 2.50 bits per heavy atom. The second kappa shape index (κ2) is 11.2. The van der Waals surface area contributed by atoms with Crippen molar-refractivity contribution in [3.63, 3.8) is 0 Å². The average molecular weight is 434 g/mol. The molecule has 2 N–H and O–H groups in total. The minimum absolute atomic E-state index is 0.0984. The first-order chi connectivity index (χ1) is 14.5. The molecule has 2 fully saturated rings. The highest BCUT2D eigenvalue weighted by atomic mass is 35.5. The first-order valence-electron chi connectivity index (χ1n) is 10.8. The molecule has 1 aliphatic heterocycles. The van der Waals surface area contributed by atoms with Crippen LogP contribution in [0.5, 0.6) is 0 Å². The maximum atomic E-state index is 12.6. The standard InChI is InChI=1S/C22H32ClN5O2/c1-24-22(25-10-9-20(29)26-19-7-2-3-8-19)28-13-11-27(12-14-28)21(30)16-17-5-4-6-18(23)15-17/h4-6,15,19H,2-3,7-14,16H2,1H3,(H,24,25)(H,26,29). The van der Waals surface area contributed by atoms with E-state index in [1.165, 1.54) is 12.8 Å². The van der Waals surface area contributed by atoms with Crippen LogP contribution in [0, 0.1) is 0 Å². The Balaban J connectivity index is 1.38. The number of hydrogen-bond acceptors (Lipinski definition) is 3. The molecular formula is C22H32ClN5O2. The molecule has 0 unspecified atom stereocenters. The van der Waals surface area contributed by atoms with Crippen LogP contribution in [0.4, 0.5) is 0 Å². The average Bonchev–Trinajstić information content (AvgIpc) is 3.24. The Kier molecular flexibility index (Phi) is 8.37. The minimum Gasteiger partial charge on any atom is -0.356 e. The molecule has 0 spiro atoms. The number of hydrogen-bond donors (Lipinski definition) is 2. The molecular weight excluding hydrogens is 402 g/mol. The van der Waals surface area contributed by atoms with Crippen LogP contribution in [-0.4, -0.2) is 73.4 Å². The van der Waals surface area contributed by atoms with Gasteiger partial charge in [0.25, 0.3) is 0 Å². The van der Waals surface area contributed by atoms with E-state index in [-0.39, 0.29) is 11.8 Å². The molecule has 8 heteroatoms. The molecule has 0 radical (unpaired) electrons. The number of nitrogens with zero attached hydrogens (tertiary/aromatic N) is 3. The number of amides is 2. The normalized spacial score (nSPS) is 17.9. The Labute approximate surface area is 183 Å². The molecule has 0 atom stereocenters. The van der Waals surface area contributed by atoms with Gasteiger partial charge in [-0.15, -0.1) is 0 Å². The van der Waals surface area contributed by atoms with E-state index in [0.717, 1.165) is 37.5 Å². The number of halogens is 1. The Bertz CT molecular complexity index is 756. The van der Waals surface area contributed by atoms with Crippen molar-refractivity contribution in [3.05, 3.63) is 34.9 Å². The van der Waals surface area contributed by atoms with Gasteiger partial charge in [0.05, 0.1) is 6.42 Å². The van der Waals surface area contributed by atoms with E-state index < -0.39 is 0 Å². The smallest absolute Gasteiger partial charge is 0.227 e. The third-order valence-corrected chi connectivity index (χ3v) is 5.98. The fourth-order valence-corrected chi connectivity index (χ4v) is 4.30. The van der Waals surface area contributed by atoms with Crippen LogP contribution in [0.3, 0.4) is 0 Å². The van der Waals surface area contributed by atoms with Crippen LogP contribution in [0.1, 0.15) is 37.7 Å². The largest absolute Gasteiger partial charge is 0.356 e. The molecule has 1 heterocycles. The lowest BCUT2D eigenvalue weighted by atomic mass is 10.1. The van der Waals surface area contributed by atoms with Crippen molar-refractivity contribution in [1.82, 2.24) is 20.4 Å². The summed E-state index contributed by atoms with van der Waals surface area (Å²) in [5.41, 5.74) is 0.934. The van der Waals surface area contributed by atoms with E-state index >= 15 is 0 Å². The van der Waals surface area contributed by atoms with E-state index in [1.54, 1.807) is 7.05 Å². The molecule has 3 rings (SSSR count). The van der Waals surface area contributed by atoms with E-state index in [4.69, 9.17) is 11.6 Å². The van der Waals surface area contributed by atoms with Gasteiger partial charge in [-0.1, -0.05) is 36.6 Å². The Morgan fingerprint density at radius 2 is 1.83 bits per heavy atom. The van der Waals surface area contributed by atoms with Gasteiger partial charge in [-0.2, -0.15) is 0 Å². The molecule has 7 nitrogen and oxygen atoms in total. The number of benzene rings is 1.